The number of halogens is 2. The molecule has 0 saturated carbocycles. The molecular formula is C16H16Cl2N+. The van der Waals surface area contributed by atoms with Crippen molar-refractivity contribution in [3.63, 3.8) is 0 Å². The molecule has 19 heavy (non-hydrogen) atoms. The van der Waals surface area contributed by atoms with Crippen molar-refractivity contribution in [2.24, 2.45) is 0 Å². The van der Waals surface area contributed by atoms with Crippen molar-refractivity contribution >= 4 is 23.2 Å². The number of rotatable bonds is 2. The van der Waals surface area contributed by atoms with Crippen LogP contribution in [0.4, 0.5) is 0 Å². The molecule has 1 heterocycles. The molecule has 0 unspecified atom stereocenters. The molecule has 98 valence electrons. The van der Waals surface area contributed by atoms with Crippen LogP contribution in [0.2, 0.25) is 10.0 Å². The summed E-state index contributed by atoms with van der Waals surface area (Å²) >= 11 is 12.1. The van der Waals surface area contributed by atoms with E-state index in [1.54, 1.807) is 6.07 Å². The summed E-state index contributed by atoms with van der Waals surface area (Å²) in [5.74, 6) is 0. The molecule has 3 heteroatoms. The summed E-state index contributed by atoms with van der Waals surface area (Å²) in [4.78, 5) is 0. The third-order valence-corrected chi connectivity index (χ3v) is 4.30. The molecule has 0 fully saturated rings. The zero-order chi connectivity index (χ0) is 13.2. The highest BCUT2D eigenvalue weighted by atomic mass is 35.5. The van der Waals surface area contributed by atoms with E-state index < -0.39 is 0 Å². The van der Waals surface area contributed by atoms with E-state index in [4.69, 9.17) is 23.2 Å². The number of pyridine rings is 1. The lowest BCUT2D eigenvalue weighted by atomic mass is 9.93. The van der Waals surface area contributed by atoms with Crippen LogP contribution in [0.1, 0.15) is 29.5 Å². The van der Waals surface area contributed by atoms with E-state index >= 15 is 0 Å². The van der Waals surface area contributed by atoms with Crippen molar-refractivity contribution in [3.8, 4) is 0 Å². The molecular weight excluding hydrogens is 277 g/mol. The van der Waals surface area contributed by atoms with Crippen molar-refractivity contribution in [1.82, 2.24) is 0 Å². The molecule has 0 amide bonds. The fraction of sp³-hybridized carbons (Fsp3) is 0.312. The first kappa shape index (κ1) is 13.0. The smallest absolute Gasteiger partial charge is 0.175 e. The largest absolute Gasteiger partial charge is 0.200 e. The molecule has 0 spiro atoms. The molecule has 1 aromatic carbocycles. The average molecular weight is 293 g/mol. The Labute approximate surface area is 123 Å². The van der Waals surface area contributed by atoms with Crippen LogP contribution in [-0.4, -0.2) is 0 Å². The van der Waals surface area contributed by atoms with Gasteiger partial charge in [-0.3, -0.25) is 0 Å². The van der Waals surface area contributed by atoms with Gasteiger partial charge in [0.2, 0.25) is 0 Å². The molecule has 1 aliphatic rings. The Morgan fingerprint density at radius 2 is 1.79 bits per heavy atom. The number of aromatic nitrogens is 1. The Morgan fingerprint density at radius 3 is 2.58 bits per heavy atom. The number of benzene rings is 1. The predicted octanol–water partition coefficient (Wildman–Crippen LogP) is 4.21. The Bertz CT molecular complexity index is 608. The molecule has 1 aliphatic carbocycles. The van der Waals surface area contributed by atoms with Gasteiger partial charge in [0.25, 0.3) is 0 Å². The van der Waals surface area contributed by atoms with Crippen LogP contribution < -0.4 is 4.57 Å². The van der Waals surface area contributed by atoms with Crippen LogP contribution in [0, 0.1) is 0 Å². The highest BCUT2D eigenvalue weighted by Crippen LogP contribution is 2.22. The standard InChI is InChI=1S/C16H16Cl2N/c17-15-6-5-14(16(18)9-15)11-19-8-7-12-3-1-2-4-13(12)10-19/h5-10H,1-4,11H2/q+1. The molecule has 2 aromatic rings. The highest BCUT2D eigenvalue weighted by Gasteiger charge is 2.14. The molecule has 0 N–H and O–H groups in total. The summed E-state index contributed by atoms with van der Waals surface area (Å²) in [5.41, 5.74) is 4.09. The van der Waals surface area contributed by atoms with Crippen molar-refractivity contribution < 1.29 is 4.57 Å². The van der Waals surface area contributed by atoms with Gasteiger partial charge in [-0.15, -0.1) is 0 Å². The van der Waals surface area contributed by atoms with Crippen LogP contribution in [0.25, 0.3) is 0 Å². The first-order valence-corrected chi connectivity index (χ1v) is 7.43. The molecule has 0 bridgehead atoms. The van der Waals surface area contributed by atoms with E-state index in [-0.39, 0.29) is 0 Å². The number of fused-ring (bicyclic) bond motifs is 1. The third kappa shape index (κ3) is 2.93. The van der Waals surface area contributed by atoms with Crippen molar-refractivity contribution in [2.75, 3.05) is 0 Å². The quantitative estimate of drug-likeness (QED) is 0.730. The van der Waals surface area contributed by atoms with Crippen molar-refractivity contribution in [1.29, 1.82) is 0 Å². The van der Waals surface area contributed by atoms with Crippen LogP contribution in [0.3, 0.4) is 0 Å². The molecule has 0 aliphatic heterocycles. The van der Waals surface area contributed by atoms with E-state index in [2.05, 4.69) is 23.0 Å². The molecule has 3 rings (SSSR count). The summed E-state index contributed by atoms with van der Waals surface area (Å²) in [6, 6.07) is 7.94. The zero-order valence-electron chi connectivity index (χ0n) is 10.7. The van der Waals surface area contributed by atoms with Gasteiger partial charge in [0.1, 0.15) is 0 Å². The van der Waals surface area contributed by atoms with Gasteiger partial charge in [0.05, 0.1) is 5.02 Å². The minimum absolute atomic E-state index is 0.684. The lowest BCUT2D eigenvalue weighted by Crippen LogP contribution is -2.35. The van der Waals surface area contributed by atoms with Gasteiger partial charge < -0.3 is 0 Å². The maximum absolute atomic E-state index is 6.23. The Morgan fingerprint density at radius 1 is 1.00 bits per heavy atom. The number of nitrogens with zero attached hydrogens (tertiary/aromatic N) is 1. The zero-order valence-corrected chi connectivity index (χ0v) is 12.2. The van der Waals surface area contributed by atoms with Gasteiger partial charge >= 0.3 is 0 Å². The molecule has 1 nitrogen and oxygen atoms in total. The first-order chi connectivity index (χ1) is 9.22. The Hall–Kier alpha value is -1.05. The third-order valence-electron chi connectivity index (χ3n) is 3.71. The summed E-state index contributed by atoms with van der Waals surface area (Å²) in [6.07, 6.45) is 9.45. The molecule has 1 aromatic heterocycles. The highest BCUT2D eigenvalue weighted by molar-refractivity contribution is 6.35. The Kier molecular flexibility index (Phi) is 3.76. The van der Waals surface area contributed by atoms with Gasteiger partial charge in [0.15, 0.2) is 18.9 Å². The molecule has 0 saturated heterocycles. The van der Waals surface area contributed by atoms with Crippen LogP contribution in [0.5, 0.6) is 0 Å². The van der Waals surface area contributed by atoms with Crippen molar-refractivity contribution in [3.05, 3.63) is 63.4 Å². The second-order valence-electron chi connectivity index (χ2n) is 5.11. The van der Waals surface area contributed by atoms with Gasteiger partial charge in [0, 0.05) is 22.2 Å². The second kappa shape index (κ2) is 5.52. The monoisotopic (exact) mass is 292 g/mol. The summed E-state index contributed by atoms with van der Waals surface area (Å²) in [6.45, 7) is 0.795. The van der Waals surface area contributed by atoms with Crippen molar-refractivity contribution in [2.45, 2.75) is 32.2 Å². The van der Waals surface area contributed by atoms with E-state index in [1.807, 2.05) is 12.1 Å². The lowest BCUT2D eigenvalue weighted by Gasteiger charge is -2.13. The topological polar surface area (TPSA) is 3.88 Å². The summed E-state index contributed by atoms with van der Waals surface area (Å²) in [7, 11) is 0. The molecule has 0 radical (unpaired) electrons. The van der Waals surface area contributed by atoms with Gasteiger partial charge in [-0.05, 0) is 49.4 Å². The SMILES string of the molecule is Clc1ccc(C[n+]2ccc3c(c2)CCCC3)c(Cl)c1. The number of aryl methyl sites for hydroxylation is 2. The van der Waals surface area contributed by atoms with Crippen LogP contribution in [-0.2, 0) is 19.4 Å². The number of hydrogen-bond donors (Lipinski definition) is 0. The maximum Gasteiger partial charge on any atom is 0.175 e. The fourth-order valence-electron chi connectivity index (χ4n) is 2.66. The number of hydrogen-bond acceptors (Lipinski definition) is 0. The minimum Gasteiger partial charge on any atom is -0.200 e. The van der Waals surface area contributed by atoms with Crippen LogP contribution >= 0.6 is 23.2 Å². The minimum atomic E-state index is 0.684. The normalized spacial score (nSPS) is 14.2. The summed E-state index contributed by atoms with van der Waals surface area (Å²) in [5, 5.41) is 1.42. The van der Waals surface area contributed by atoms with Gasteiger partial charge in [-0.1, -0.05) is 23.2 Å². The van der Waals surface area contributed by atoms with Crippen LogP contribution in [0.15, 0.2) is 36.7 Å². The van der Waals surface area contributed by atoms with Gasteiger partial charge in [-0.2, -0.15) is 0 Å². The average Bonchev–Trinajstić information content (AvgIpc) is 2.42. The maximum atomic E-state index is 6.23. The summed E-state index contributed by atoms with van der Waals surface area (Å²) < 4.78 is 2.21. The predicted molar refractivity (Wildman–Crippen MR) is 78.8 cm³/mol. The van der Waals surface area contributed by atoms with E-state index in [0.717, 1.165) is 17.1 Å². The second-order valence-corrected chi connectivity index (χ2v) is 5.95. The lowest BCUT2D eigenvalue weighted by molar-refractivity contribution is -0.688. The fourth-order valence-corrected chi connectivity index (χ4v) is 3.13. The Balaban J connectivity index is 1.87. The van der Waals surface area contributed by atoms with E-state index in [9.17, 15) is 0 Å². The first-order valence-electron chi connectivity index (χ1n) is 6.67. The van der Waals surface area contributed by atoms with Gasteiger partial charge in [-0.25, -0.2) is 4.57 Å². The van der Waals surface area contributed by atoms with E-state index in [0.29, 0.717) is 5.02 Å². The molecule has 0 atom stereocenters. The van der Waals surface area contributed by atoms with E-state index in [1.165, 1.54) is 36.8 Å².